The third kappa shape index (κ3) is 1.43. The molecule has 0 aliphatic carbocycles. The summed E-state index contributed by atoms with van der Waals surface area (Å²) in [6.07, 6.45) is 2.34. The quantitative estimate of drug-likeness (QED) is 0.796. The molecule has 3 nitrogen and oxygen atoms in total. The molecule has 0 spiro atoms. The lowest BCUT2D eigenvalue weighted by Crippen LogP contribution is -2.32. The van der Waals surface area contributed by atoms with Crippen molar-refractivity contribution in [1.82, 2.24) is 10.3 Å². The van der Waals surface area contributed by atoms with Crippen LogP contribution in [0.4, 0.5) is 0 Å². The fourth-order valence-corrected chi connectivity index (χ4v) is 2.40. The summed E-state index contributed by atoms with van der Waals surface area (Å²) >= 11 is 0. The van der Waals surface area contributed by atoms with Crippen molar-refractivity contribution in [2.45, 2.75) is 32.2 Å². The largest absolute Gasteiger partial charge is 0.457 e. The lowest BCUT2D eigenvalue weighted by Gasteiger charge is -2.20. The maximum Gasteiger partial charge on any atom is 0.152 e. The Bertz CT molecular complexity index is 524. The summed E-state index contributed by atoms with van der Waals surface area (Å²) < 4.78 is 5.88. The van der Waals surface area contributed by atoms with Gasteiger partial charge in [0.05, 0.1) is 5.54 Å². The molecule has 3 heterocycles. The lowest BCUT2D eigenvalue weighted by atomic mass is 9.97. The van der Waals surface area contributed by atoms with Gasteiger partial charge in [0, 0.05) is 11.8 Å². The van der Waals surface area contributed by atoms with E-state index in [0.717, 1.165) is 35.5 Å². The van der Waals surface area contributed by atoms with Gasteiger partial charge in [-0.25, -0.2) is 4.98 Å². The van der Waals surface area contributed by atoms with Crippen molar-refractivity contribution in [1.29, 1.82) is 0 Å². The minimum absolute atomic E-state index is 0.00535. The topological polar surface area (TPSA) is 38.1 Å². The SMILES string of the molecule is Cc1ccc2oc([C@@]3(C)CCCN3)cc2n1. The second kappa shape index (κ2) is 3.32. The first-order valence-corrected chi connectivity index (χ1v) is 5.80. The highest BCUT2D eigenvalue weighted by Gasteiger charge is 2.33. The molecule has 0 amide bonds. The number of fused-ring (bicyclic) bond motifs is 1. The zero-order valence-corrected chi connectivity index (χ0v) is 9.71. The molecule has 3 rings (SSSR count). The van der Waals surface area contributed by atoms with Crippen LogP contribution in [0, 0.1) is 6.92 Å². The van der Waals surface area contributed by atoms with Crippen LogP contribution in [-0.4, -0.2) is 11.5 Å². The van der Waals surface area contributed by atoms with E-state index >= 15 is 0 Å². The molecule has 1 aliphatic heterocycles. The predicted molar refractivity (Wildman–Crippen MR) is 63.3 cm³/mol. The Hall–Kier alpha value is -1.35. The Morgan fingerprint density at radius 1 is 1.44 bits per heavy atom. The van der Waals surface area contributed by atoms with E-state index in [2.05, 4.69) is 23.3 Å². The van der Waals surface area contributed by atoms with Crippen molar-refractivity contribution in [3.63, 3.8) is 0 Å². The third-order valence-corrected chi connectivity index (χ3v) is 3.43. The Kier molecular flexibility index (Phi) is 2.04. The van der Waals surface area contributed by atoms with Gasteiger partial charge in [0.1, 0.15) is 11.3 Å². The summed E-state index contributed by atoms with van der Waals surface area (Å²) in [7, 11) is 0. The number of hydrogen-bond donors (Lipinski definition) is 1. The Morgan fingerprint density at radius 2 is 2.31 bits per heavy atom. The van der Waals surface area contributed by atoms with Gasteiger partial charge in [0.2, 0.25) is 0 Å². The molecule has 0 saturated carbocycles. The van der Waals surface area contributed by atoms with Crippen LogP contribution < -0.4 is 5.32 Å². The van der Waals surface area contributed by atoms with E-state index < -0.39 is 0 Å². The fourth-order valence-electron chi connectivity index (χ4n) is 2.40. The van der Waals surface area contributed by atoms with Crippen LogP contribution >= 0.6 is 0 Å². The number of rotatable bonds is 1. The minimum atomic E-state index is -0.00535. The van der Waals surface area contributed by atoms with Crippen LogP contribution in [0.5, 0.6) is 0 Å². The molecule has 1 N–H and O–H groups in total. The summed E-state index contributed by atoms with van der Waals surface area (Å²) in [4.78, 5) is 4.48. The molecule has 1 atom stereocenters. The van der Waals surface area contributed by atoms with E-state index in [1.807, 2.05) is 19.1 Å². The summed E-state index contributed by atoms with van der Waals surface area (Å²) in [5.74, 6) is 1.01. The van der Waals surface area contributed by atoms with Gasteiger partial charge in [-0.15, -0.1) is 0 Å². The third-order valence-electron chi connectivity index (χ3n) is 3.43. The number of pyridine rings is 1. The van der Waals surface area contributed by atoms with Crippen LogP contribution in [0.25, 0.3) is 11.1 Å². The average Bonchev–Trinajstić information content (AvgIpc) is 2.84. The van der Waals surface area contributed by atoms with E-state index in [1.54, 1.807) is 0 Å². The fraction of sp³-hybridized carbons (Fsp3) is 0.462. The number of furan rings is 1. The second-order valence-electron chi connectivity index (χ2n) is 4.81. The molecule has 2 aromatic heterocycles. The van der Waals surface area contributed by atoms with Crippen LogP contribution in [0.1, 0.15) is 31.2 Å². The van der Waals surface area contributed by atoms with Crippen LogP contribution in [0.3, 0.4) is 0 Å². The molecule has 16 heavy (non-hydrogen) atoms. The van der Waals surface area contributed by atoms with Gasteiger partial charge < -0.3 is 9.73 Å². The zero-order valence-electron chi connectivity index (χ0n) is 9.71. The number of nitrogens with one attached hydrogen (secondary N) is 1. The first-order chi connectivity index (χ1) is 7.67. The molecule has 1 aliphatic rings. The van der Waals surface area contributed by atoms with Gasteiger partial charge in [-0.2, -0.15) is 0 Å². The van der Waals surface area contributed by atoms with Crippen molar-refractivity contribution in [2.75, 3.05) is 6.54 Å². The van der Waals surface area contributed by atoms with E-state index in [0.29, 0.717) is 0 Å². The number of aromatic nitrogens is 1. The summed E-state index contributed by atoms with van der Waals surface area (Å²) in [6, 6.07) is 6.06. The molecule has 1 saturated heterocycles. The maximum atomic E-state index is 5.88. The molecular formula is C13H16N2O. The number of aryl methyl sites for hydroxylation is 1. The highest BCUT2D eigenvalue weighted by molar-refractivity contribution is 5.73. The molecule has 0 aromatic carbocycles. The van der Waals surface area contributed by atoms with Crippen molar-refractivity contribution < 1.29 is 4.42 Å². The van der Waals surface area contributed by atoms with E-state index in [4.69, 9.17) is 4.42 Å². The molecule has 0 bridgehead atoms. The van der Waals surface area contributed by atoms with E-state index in [1.165, 1.54) is 6.42 Å². The first-order valence-electron chi connectivity index (χ1n) is 5.80. The average molecular weight is 216 g/mol. The molecule has 1 fully saturated rings. The normalized spacial score (nSPS) is 25.4. The Labute approximate surface area is 94.9 Å². The van der Waals surface area contributed by atoms with Gasteiger partial charge in [0.15, 0.2) is 5.58 Å². The number of nitrogens with zero attached hydrogens (tertiary/aromatic N) is 1. The van der Waals surface area contributed by atoms with Crippen LogP contribution in [0.2, 0.25) is 0 Å². The molecule has 0 radical (unpaired) electrons. The van der Waals surface area contributed by atoms with E-state index in [9.17, 15) is 0 Å². The standard InChI is InChI=1S/C13H16N2O/c1-9-4-5-11-10(15-9)8-12(16-11)13(2)6-3-7-14-13/h4-5,8,14H,3,6-7H2,1-2H3/t13-/m1/s1. The van der Waals surface area contributed by atoms with Crippen LogP contribution in [-0.2, 0) is 5.54 Å². The molecule has 0 unspecified atom stereocenters. The van der Waals surface area contributed by atoms with Gasteiger partial charge >= 0.3 is 0 Å². The first kappa shape index (κ1) is 9.85. The van der Waals surface area contributed by atoms with E-state index in [-0.39, 0.29) is 5.54 Å². The second-order valence-corrected chi connectivity index (χ2v) is 4.81. The molecule has 84 valence electrons. The Balaban J connectivity index is 2.11. The van der Waals surface area contributed by atoms with Gasteiger partial charge in [0.25, 0.3) is 0 Å². The summed E-state index contributed by atoms with van der Waals surface area (Å²) in [6.45, 7) is 5.27. The van der Waals surface area contributed by atoms with Crippen molar-refractivity contribution in [3.8, 4) is 0 Å². The highest BCUT2D eigenvalue weighted by atomic mass is 16.3. The monoisotopic (exact) mass is 216 g/mol. The minimum Gasteiger partial charge on any atom is -0.457 e. The smallest absolute Gasteiger partial charge is 0.152 e. The van der Waals surface area contributed by atoms with Gasteiger partial charge in [-0.3, -0.25) is 0 Å². The van der Waals surface area contributed by atoms with Crippen molar-refractivity contribution in [2.24, 2.45) is 0 Å². The highest BCUT2D eigenvalue weighted by Crippen LogP contribution is 2.33. The summed E-state index contributed by atoms with van der Waals surface area (Å²) in [5, 5.41) is 3.50. The van der Waals surface area contributed by atoms with Crippen molar-refractivity contribution in [3.05, 3.63) is 29.7 Å². The number of hydrogen-bond acceptors (Lipinski definition) is 3. The Morgan fingerprint density at radius 3 is 3.06 bits per heavy atom. The zero-order chi connectivity index (χ0) is 11.2. The molecular weight excluding hydrogens is 200 g/mol. The predicted octanol–water partition coefficient (Wildman–Crippen LogP) is 2.73. The lowest BCUT2D eigenvalue weighted by molar-refractivity contribution is 0.346. The van der Waals surface area contributed by atoms with Crippen molar-refractivity contribution >= 4 is 11.1 Å². The maximum absolute atomic E-state index is 5.88. The summed E-state index contributed by atoms with van der Waals surface area (Å²) in [5.41, 5.74) is 2.87. The van der Waals surface area contributed by atoms with Crippen LogP contribution in [0.15, 0.2) is 22.6 Å². The van der Waals surface area contributed by atoms with Gasteiger partial charge in [-0.1, -0.05) is 0 Å². The van der Waals surface area contributed by atoms with Gasteiger partial charge in [-0.05, 0) is 45.4 Å². The molecule has 3 heteroatoms. The molecule has 2 aromatic rings.